The van der Waals surface area contributed by atoms with Crippen LogP contribution in [-0.2, 0) is 10.0 Å². The van der Waals surface area contributed by atoms with Crippen molar-refractivity contribution in [2.24, 2.45) is 0 Å². The second-order valence-corrected chi connectivity index (χ2v) is 6.49. The van der Waals surface area contributed by atoms with Crippen molar-refractivity contribution in [3.05, 3.63) is 28.8 Å². The van der Waals surface area contributed by atoms with Crippen LogP contribution in [0.1, 0.15) is 16.8 Å². The van der Waals surface area contributed by atoms with E-state index in [-0.39, 0.29) is 22.1 Å². The Kier molecular flexibility index (Phi) is 3.82. The van der Waals surface area contributed by atoms with Crippen LogP contribution in [0, 0.1) is 0 Å². The van der Waals surface area contributed by atoms with Crippen molar-refractivity contribution in [3.8, 4) is 0 Å². The van der Waals surface area contributed by atoms with Gasteiger partial charge < -0.3 is 10.2 Å². The summed E-state index contributed by atoms with van der Waals surface area (Å²) in [4.78, 5) is 10.7. The fourth-order valence-corrected chi connectivity index (χ4v) is 3.89. The SMILES string of the molecule is O=C(O)c1ccc(S(=O)(=O)N2CCC2CO)cc1Cl. The number of rotatable bonds is 4. The van der Waals surface area contributed by atoms with Gasteiger partial charge in [0.1, 0.15) is 0 Å². The number of carbonyl (C=O) groups is 1. The van der Waals surface area contributed by atoms with Gasteiger partial charge in [0.2, 0.25) is 10.0 Å². The molecular weight excluding hydrogens is 294 g/mol. The summed E-state index contributed by atoms with van der Waals surface area (Å²) in [5.74, 6) is -1.22. The topological polar surface area (TPSA) is 94.9 Å². The van der Waals surface area contributed by atoms with Crippen molar-refractivity contribution in [3.63, 3.8) is 0 Å². The maximum Gasteiger partial charge on any atom is 0.337 e. The number of carboxylic acids is 1. The number of benzene rings is 1. The molecule has 104 valence electrons. The average Bonchev–Trinajstić information content (AvgIpc) is 2.26. The lowest BCUT2D eigenvalue weighted by atomic mass is 10.1. The van der Waals surface area contributed by atoms with Crippen molar-refractivity contribution in [1.29, 1.82) is 0 Å². The third kappa shape index (κ3) is 2.46. The van der Waals surface area contributed by atoms with Crippen LogP contribution in [0.15, 0.2) is 23.1 Å². The van der Waals surface area contributed by atoms with Gasteiger partial charge in [-0.1, -0.05) is 11.6 Å². The van der Waals surface area contributed by atoms with Crippen molar-refractivity contribution in [2.75, 3.05) is 13.2 Å². The summed E-state index contributed by atoms with van der Waals surface area (Å²) in [7, 11) is -3.73. The first-order valence-corrected chi connectivity index (χ1v) is 7.35. The highest BCUT2D eigenvalue weighted by Crippen LogP contribution is 2.29. The molecule has 19 heavy (non-hydrogen) atoms. The van der Waals surface area contributed by atoms with E-state index in [2.05, 4.69) is 0 Å². The number of halogens is 1. The van der Waals surface area contributed by atoms with Crippen LogP contribution in [0.5, 0.6) is 0 Å². The third-order valence-electron chi connectivity index (χ3n) is 3.08. The average molecular weight is 306 g/mol. The molecule has 1 fully saturated rings. The van der Waals surface area contributed by atoms with E-state index >= 15 is 0 Å². The highest BCUT2D eigenvalue weighted by molar-refractivity contribution is 7.89. The summed E-state index contributed by atoms with van der Waals surface area (Å²) >= 11 is 5.75. The van der Waals surface area contributed by atoms with Gasteiger partial charge in [-0.2, -0.15) is 4.31 Å². The lowest BCUT2D eigenvalue weighted by Gasteiger charge is -2.38. The Labute approximate surface area is 115 Å². The Morgan fingerprint density at radius 1 is 1.47 bits per heavy atom. The molecular formula is C11H12ClNO5S. The van der Waals surface area contributed by atoms with Gasteiger partial charge in [0.15, 0.2) is 0 Å². The normalized spacial score (nSPS) is 20.0. The Morgan fingerprint density at radius 3 is 2.58 bits per heavy atom. The molecule has 1 heterocycles. The molecule has 0 amide bonds. The highest BCUT2D eigenvalue weighted by Gasteiger charge is 2.38. The monoisotopic (exact) mass is 305 g/mol. The molecule has 1 aliphatic rings. The maximum absolute atomic E-state index is 12.2. The number of carboxylic acid groups (broad SMARTS) is 1. The van der Waals surface area contributed by atoms with Crippen molar-refractivity contribution in [2.45, 2.75) is 17.4 Å². The summed E-state index contributed by atoms with van der Waals surface area (Å²) in [5.41, 5.74) is -0.150. The van der Waals surface area contributed by atoms with Gasteiger partial charge in [-0.25, -0.2) is 13.2 Å². The van der Waals surface area contributed by atoms with E-state index in [0.29, 0.717) is 13.0 Å². The lowest BCUT2D eigenvalue weighted by Crippen LogP contribution is -2.52. The van der Waals surface area contributed by atoms with Crippen LogP contribution < -0.4 is 0 Å². The summed E-state index contributed by atoms with van der Waals surface area (Å²) < 4.78 is 25.6. The van der Waals surface area contributed by atoms with E-state index in [0.717, 1.165) is 12.1 Å². The second kappa shape index (κ2) is 5.09. The minimum absolute atomic E-state index is 0.0688. The molecule has 1 aliphatic heterocycles. The molecule has 0 spiro atoms. The number of aromatic carboxylic acids is 1. The Hall–Kier alpha value is -1.15. The summed E-state index contributed by atoms with van der Waals surface area (Å²) in [6, 6.07) is 3.07. The number of nitrogens with zero attached hydrogens (tertiary/aromatic N) is 1. The Morgan fingerprint density at radius 2 is 2.16 bits per heavy atom. The van der Waals surface area contributed by atoms with Crippen LogP contribution in [0.2, 0.25) is 5.02 Å². The lowest BCUT2D eigenvalue weighted by molar-refractivity contribution is 0.0697. The maximum atomic E-state index is 12.2. The molecule has 2 N–H and O–H groups in total. The van der Waals surface area contributed by atoms with Crippen LogP contribution in [0.3, 0.4) is 0 Å². The molecule has 1 atom stereocenters. The van der Waals surface area contributed by atoms with Gasteiger partial charge in [-0.15, -0.1) is 0 Å². The van der Waals surface area contributed by atoms with Gasteiger partial charge in [-0.05, 0) is 24.6 Å². The summed E-state index contributed by atoms with van der Waals surface area (Å²) in [5, 5.41) is 17.7. The van der Waals surface area contributed by atoms with Gasteiger partial charge in [0.05, 0.1) is 22.1 Å². The van der Waals surface area contributed by atoms with E-state index in [9.17, 15) is 13.2 Å². The molecule has 2 rings (SSSR count). The number of aliphatic hydroxyl groups excluding tert-OH is 1. The number of aliphatic hydroxyl groups is 1. The van der Waals surface area contributed by atoms with Gasteiger partial charge in [0, 0.05) is 12.6 Å². The molecule has 6 nitrogen and oxygen atoms in total. The summed E-state index contributed by atoms with van der Waals surface area (Å²) in [6.07, 6.45) is 0.608. The van der Waals surface area contributed by atoms with E-state index in [4.69, 9.17) is 21.8 Å². The van der Waals surface area contributed by atoms with Crippen LogP contribution in [0.25, 0.3) is 0 Å². The molecule has 0 aromatic heterocycles. The zero-order valence-corrected chi connectivity index (χ0v) is 11.4. The summed E-state index contributed by atoms with van der Waals surface area (Å²) in [6.45, 7) is 0.103. The molecule has 0 bridgehead atoms. The zero-order valence-electron chi connectivity index (χ0n) is 9.78. The predicted octanol–water partition coefficient (Wildman–Crippen LogP) is 0.794. The molecule has 0 aliphatic carbocycles. The number of sulfonamides is 1. The zero-order chi connectivity index (χ0) is 14.2. The first-order valence-electron chi connectivity index (χ1n) is 5.53. The predicted molar refractivity (Wildman–Crippen MR) is 67.8 cm³/mol. The molecule has 1 aromatic rings. The largest absolute Gasteiger partial charge is 0.478 e. The Balaban J connectivity index is 2.37. The first kappa shape index (κ1) is 14.3. The van der Waals surface area contributed by atoms with E-state index < -0.39 is 22.0 Å². The Bertz CT molecular complexity index is 614. The van der Waals surface area contributed by atoms with Crippen molar-refractivity contribution in [1.82, 2.24) is 4.31 Å². The molecule has 8 heteroatoms. The van der Waals surface area contributed by atoms with E-state index in [1.807, 2.05) is 0 Å². The molecule has 1 unspecified atom stereocenters. The molecule has 0 radical (unpaired) electrons. The fraction of sp³-hybridized carbons (Fsp3) is 0.364. The van der Waals surface area contributed by atoms with Gasteiger partial charge >= 0.3 is 5.97 Å². The molecule has 1 saturated heterocycles. The van der Waals surface area contributed by atoms with Crippen LogP contribution >= 0.6 is 11.6 Å². The minimum Gasteiger partial charge on any atom is -0.478 e. The van der Waals surface area contributed by atoms with Crippen LogP contribution in [0.4, 0.5) is 0 Å². The quantitative estimate of drug-likeness (QED) is 0.857. The smallest absolute Gasteiger partial charge is 0.337 e. The van der Waals surface area contributed by atoms with Crippen LogP contribution in [-0.4, -0.2) is 48.1 Å². The van der Waals surface area contributed by atoms with E-state index in [1.165, 1.54) is 10.4 Å². The molecule has 0 saturated carbocycles. The molecule has 1 aromatic carbocycles. The van der Waals surface area contributed by atoms with Gasteiger partial charge in [0.25, 0.3) is 0 Å². The number of hydrogen-bond donors (Lipinski definition) is 2. The number of hydrogen-bond acceptors (Lipinski definition) is 4. The fourth-order valence-electron chi connectivity index (χ4n) is 1.88. The second-order valence-electron chi connectivity index (χ2n) is 4.19. The van der Waals surface area contributed by atoms with E-state index in [1.54, 1.807) is 0 Å². The first-order chi connectivity index (χ1) is 8.87. The van der Waals surface area contributed by atoms with Crippen molar-refractivity contribution < 1.29 is 23.4 Å². The standard InChI is InChI=1S/C11H12ClNO5S/c12-10-5-8(1-2-9(10)11(15)16)19(17,18)13-4-3-7(13)6-14/h1-2,5,7,14H,3-4,6H2,(H,15,16). The minimum atomic E-state index is -3.73. The highest BCUT2D eigenvalue weighted by atomic mass is 35.5. The van der Waals surface area contributed by atoms with Crippen molar-refractivity contribution >= 4 is 27.6 Å². The van der Waals surface area contributed by atoms with Gasteiger partial charge in [-0.3, -0.25) is 0 Å². The third-order valence-corrected chi connectivity index (χ3v) is 5.34.